The Labute approximate surface area is 139 Å². The molecule has 1 atom stereocenters. The number of halogens is 1. The number of aromatic carboxylic acids is 1. The van der Waals surface area contributed by atoms with Crippen LogP contribution in [0.15, 0.2) is 28.4 Å². The number of nitrogens with one attached hydrogen (secondary N) is 1. The van der Waals surface area contributed by atoms with Gasteiger partial charge in [-0.3, -0.25) is 9.59 Å². The number of aliphatic carboxylic acids is 1. The van der Waals surface area contributed by atoms with Gasteiger partial charge in [0, 0.05) is 5.56 Å². The third-order valence-corrected chi connectivity index (χ3v) is 4.16. The van der Waals surface area contributed by atoms with Crippen molar-refractivity contribution in [1.29, 1.82) is 0 Å². The van der Waals surface area contributed by atoms with Crippen molar-refractivity contribution in [2.45, 2.75) is 11.7 Å². The highest BCUT2D eigenvalue weighted by Crippen LogP contribution is 2.22. The first kappa shape index (κ1) is 17.0. The minimum atomic E-state index is -1.16. The zero-order chi connectivity index (χ0) is 17.0. The van der Waals surface area contributed by atoms with E-state index in [-0.39, 0.29) is 27.7 Å². The second kappa shape index (κ2) is 7.25. The van der Waals surface area contributed by atoms with Crippen LogP contribution in [0.4, 0.5) is 0 Å². The van der Waals surface area contributed by atoms with Gasteiger partial charge in [0.05, 0.1) is 23.2 Å². The second-order valence-electron chi connectivity index (χ2n) is 4.35. The van der Waals surface area contributed by atoms with Crippen LogP contribution in [0, 0.1) is 0 Å². The van der Waals surface area contributed by atoms with Gasteiger partial charge in [0.1, 0.15) is 5.25 Å². The molecule has 10 heteroatoms. The topological polar surface area (TPSA) is 128 Å². The molecule has 1 amide bonds. The fourth-order valence-electron chi connectivity index (χ4n) is 1.74. The molecule has 1 aromatic carbocycles. The van der Waals surface area contributed by atoms with E-state index in [0.29, 0.717) is 0 Å². The highest BCUT2D eigenvalue weighted by molar-refractivity contribution is 8.15. The summed E-state index contributed by atoms with van der Waals surface area (Å²) in [4.78, 5) is 33.2. The summed E-state index contributed by atoms with van der Waals surface area (Å²) >= 11 is 6.87. The number of carboxylic acids is 2. The zero-order valence-corrected chi connectivity index (χ0v) is 13.0. The van der Waals surface area contributed by atoms with E-state index < -0.39 is 23.1 Å². The van der Waals surface area contributed by atoms with Gasteiger partial charge in [0.2, 0.25) is 5.91 Å². The largest absolute Gasteiger partial charge is 0.481 e. The molecule has 0 aliphatic carbocycles. The summed E-state index contributed by atoms with van der Waals surface area (Å²) in [5.41, 5.74) is 0.149. The molecule has 1 aliphatic heterocycles. The maximum absolute atomic E-state index is 11.5. The van der Waals surface area contributed by atoms with E-state index in [4.69, 9.17) is 21.8 Å². The zero-order valence-electron chi connectivity index (χ0n) is 11.4. The molecule has 1 heterocycles. The average molecular weight is 356 g/mol. The summed E-state index contributed by atoms with van der Waals surface area (Å²) in [5, 5.41) is 27.2. The summed E-state index contributed by atoms with van der Waals surface area (Å²) in [5.74, 6) is -2.72. The lowest BCUT2D eigenvalue weighted by atomic mass is 10.1. The number of thioether (sulfide) groups is 1. The van der Waals surface area contributed by atoms with Crippen molar-refractivity contribution < 1.29 is 24.6 Å². The number of hydrogen-bond donors (Lipinski definition) is 3. The molecule has 1 unspecified atom stereocenters. The normalized spacial score (nSPS) is 19.3. The van der Waals surface area contributed by atoms with E-state index in [9.17, 15) is 14.4 Å². The number of carbonyl (C=O) groups is 3. The number of amidine groups is 1. The van der Waals surface area contributed by atoms with Crippen molar-refractivity contribution in [2.24, 2.45) is 10.2 Å². The number of benzene rings is 1. The molecule has 0 saturated carbocycles. The van der Waals surface area contributed by atoms with Crippen LogP contribution < -0.4 is 5.32 Å². The van der Waals surface area contributed by atoms with Gasteiger partial charge in [-0.05, 0) is 12.1 Å². The Hall–Kier alpha value is -2.39. The van der Waals surface area contributed by atoms with Gasteiger partial charge < -0.3 is 15.5 Å². The second-order valence-corrected chi connectivity index (χ2v) is 5.95. The van der Waals surface area contributed by atoms with Crippen LogP contribution in [0.25, 0.3) is 0 Å². The Balaban J connectivity index is 2.15. The van der Waals surface area contributed by atoms with Gasteiger partial charge in [-0.1, -0.05) is 29.4 Å². The monoisotopic (exact) mass is 355 g/mol. The minimum absolute atomic E-state index is 0.0340. The first-order valence-electron chi connectivity index (χ1n) is 6.20. The maximum Gasteiger partial charge on any atom is 0.336 e. The average Bonchev–Trinajstić information content (AvgIpc) is 2.79. The molecule has 1 fully saturated rings. The predicted octanol–water partition coefficient (Wildman–Crippen LogP) is 1.43. The quantitative estimate of drug-likeness (QED) is 0.541. The Morgan fingerprint density at radius 2 is 2.13 bits per heavy atom. The van der Waals surface area contributed by atoms with Crippen LogP contribution in [0.5, 0.6) is 0 Å². The van der Waals surface area contributed by atoms with Crippen molar-refractivity contribution in [3.8, 4) is 0 Å². The third kappa shape index (κ3) is 4.30. The van der Waals surface area contributed by atoms with E-state index in [2.05, 4.69) is 15.5 Å². The Kier molecular flexibility index (Phi) is 5.35. The molecule has 1 aliphatic rings. The molecular formula is C13H10ClN3O5S. The highest BCUT2D eigenvalue weighted by Gasteiger charge is 2.32. The van der Waals surface area contributed by atoms with Crippen molar-refractivity contribution in [3.05, 3.63) is 34.3 Å². The van der Waals surface area contributed by atoms with E-state index >= 15 is 0 Å². The lowest BCUT2D eigenvalue weighted by Gasteiger charge is -2.01. The SMILES string of the molecule is O=C(O)CC1SC(=NN=Cc2c(Cl)cccc2C(=O)O)NC1=O. The van der Waals surface area contributed by atoms with Crippen LogP contribution in [0.2, 0.25) is 5.02 Å². The van der Waals surface area contributed by atoms with Gasteiger partial charge in [-0.15, -0.1) is 5.10 Å². The Bertz CT molecular complexity index is 734. The first-order chi connectivity index (χ1) is 10.9. The van der Waals surface area contributed by atoms with Gasteiger partial charge in [0.15, 0.2) is 5.17 Å². The standard InChI is InChI=1S/C13H10ClN3O5S/c14-8-3-1-2-6(12(21)22)7(8)5-15-17-13-16-11(20)9(23-13)4-10(18)19/h1-3,5,9H,4H2,(H,18,19)(H,21,22)(H,16,17,20). The molecule has 8 nitrogen and oxygen atoms in total. The van der Waals surface area contributed by atoms with Crippen LogP contribution in [0.3, 0.4) is 0 Å². The summed E-state index contributed by atoms with van der Waals surface area (Å²) < 4.78 is 0. The first-order valence-corrected chi connectivity index (χ1v) is 7.46. The molecule has 120 valence electrons. The van der Waals surface area contributed by atoms with E-state index in [1.165, 1.54) is 18.2 Å². The molecule has 2 rings (SSSR count). The number of nitrogens with zero attached hydrogens (tertiary/aromatic N) is 2. The maximum atomic E-state index is 11.5. The van der Waals surface area contributed by atoms with E-state index in [0.717, 1.165) is 18.0 Å². The molecule has 1 saturated heterocycles. The third-order valence-electron chi connectivity index (χ3n) is 2.76. The number of rotatable bonds is 5. The summed E-state index contributed by atoms with van der Waals surface area (Å²) in [7, 11) is 0. The summed E-state index contributed by atoms with van der Waals surface area (Å²) in [6, 6.07) is 4.38. The van der Waals surface area contributed by atoms with Crippen molar-refractivity contribution in [1.82, 2.24) is 5.32 Å². The predicted molar refractivity (Wildman–Crippen MR) is 85.2 cm³/mol. The van der Waals surface area contributed by atoms with E-state index in [1.54, 1.807) is 0 Å². The fraction of sp³-hybridized carbons (Fsp3) is 0.154. The molecule has 0 spiro atoms. The number of carboxylic acid groups (broad SMARTS) is 2. The number of carbonyl (C=O) groups excluding carboxylic acids is 1. The lowest BCUT2D eigenvalue weighted by molar-refractivity contribution is -0.138. The van der Waals surface area contributed by atoms with Crippen LogP contribution in [-0.4, -0.2) is 44.7 Å². The molecule has 0 radical (unpaired) electrons. The molecule has 3 N–H and O–H groups in total. The smallest absolute Gasteiger partial charge is 0.336 e. The lowest BCUT2D eigenvalue weighted by Crippen LogP contribution is -2.26. The highest BCUT2D eigenvalue weighted by atomic mass is 35.5. The molecule has 0 bridgehead atoms. The summed E-state index contributed by atoms with van der Waals surface area (Å²) in [6.45, 7) is 0. The minimum Gasteiger partial charge on any atom is -0.481 e. The summed E-state index contributed by atoms with van der Waals surface area (Å²) in [6.07, 6.45) is 0.836. The molecule has 1 aromatic rings. The number of amides is 1. The fourth-order valence-corrected chi connectivity index (χ4v) is 2.88. The van der Waals surface area contributed by atoms with Crippen molar-refractivity contribution >= 4 is 52.6 Å². The van der Waals surface area contributed by atoms with Gasteiger partial charge in [-0.25, -0.2) is 4.79 Å². The van der Waals surface area contributed by atoms with Gasteiger partial charge in [-0.2, -0.15) is 5.10 Å². The van der Waals surface area contributed by atoms with Crippen LogP contribution >= 0.6 is 23.4 Å². The van der Waals surface area contributed by atoms with Crippen molar-refractivity contribution in [3.63, 3.8) is 0 Å². The Morgan fingerprint density at radius 1 is 1.39 bits per heavy atom. The van der Waals surface area contributed by atoms with E-state index in [1.807, 2.05) is 0 Å². The van der Waals surface area contributed by atoms with Crippen LogP contribution in [0.1, 0.15) is 22.3 Å². The van der Waals surface area contributed by atoms with Crippen LogP contribution in [-0.2, 0) is 9.59 Å². The Morgan fingerprint density at radius 3 is 2.78 bits per heavy atom. The molecular weight excluding hydrogens is 346 g/mol. The molecule has 23 heavy (non-hydrogen) atoms. The molecule has 0 aromatic heterocycles. The van der Waals surface area contributed by atoms with Gasteiger partial charge in [0.25, 0.3) is 0 Å². The van der Waals surface area contributed by atoms with Gasteiger partial charge >= 0.3 is 11.9 Å². The number of hydrogen-bond acceptors (Lipinski definition) is 6. The van der Waals surface area contributed by atoms with Crippen molar-refractivity contribution in [2.75, 3.05) is 0 Å².